The van der Waals surface area contributed by atoms with E-state index in [2.05, 4.69) is 5.32 Å². The molecule has 0 radical (unpaired) electrons. The van der Waals surface area contributed by atoms with E-state index in [1.165, 1.54) is 6.92 Å². The van der Waals surface area contributed by atoms with Crippen molar-refractivity contribution in [3.05, 3.63) is 30.3 Å². The van der Waals surface area contributed by atoms with Crippen LogP contribution in [-0.2, 0) is 14.4 Å². The Kier molecular flexibility index (Phi) is 5.52. The molecule has 108 valence electrons. The second-order valence-electron chi connectivity index (χ2n) is 4.14. The Labute approximate surface area is 115 Å². The molecule has 0 saturated carbocycles. The highest BCUT2D eigenvalue weighted by molar-refractivity contribution is 5.89. The van der Waals surface area contributed by atoms with Crippen molar-refractivity contribution in [2.24, 2.45) is 5.73 Å². The predicted molar refractivity (Wildman–Crippen MR) is 69.9 cm³/mol. The molecule has 0 aromatic heterocycles. The lowest BCUT2D eigenvalue weighted by Gasteiger charge is -2.18. The Morgan fingerprint density at radius 2 is 1.90 bits per heavy atom. The Balaban J connectivity index is 2.59. The number of carboxylic acid groups (broad SMARTS) is 1. The molecule has 0 saturated heterocycles. The standard InChI is InChI=1S/C13H16N2O5/c1-8(20-9-5-3-2-4-6-9)12(17)15-10(13(18)19)7-11(14)16/h2-6,8,10H,7H2,1H3,(H2,14,16)(H,15,17)(H,18,19)/t8?,10-/m0/s1. The van der Waals surface area contributed by atoms with Crippen LogP contribution >= 0.6 is 0 Å². The molecule has 0 aliphatic rings. The number of para-hydroxylation sites is 1. The molecule has 1 aromatic rings. The highest BCUT2D eigenvalue weighted by Gasteiger charge is 2.25. The first kappa shape index (κ1) is 15.5. The van der Waals surface area contributed by atoms with Gasteiger partial charge in [-0.2, -0.15) is 0 Å². The lowest BCUT2D eigenvalue weighted by molar-refractivity contribution is -0.144. The maximum atomic E-state index is 11.8. The van der Waals surface area contributed by atoms with E-state index in [9.17, 15) is 14.4 Å². The van der Waals surface area contributed by atoms with Gasteiger partial charge in [0.1, 0.15) is 11.8 Å². The molecule has 0 aliphatic heterocycles. The van der Waals surface area contributed by atoms with Crippen LogP contribution in [0.15, 0.2) is 30.3 Å². The van der Waals surface area contributed by atoms with Crippen LogP contribution in [0, 0.1) is 0 Å². The number of nitrogens with one attached hydrogen (secondary N) is 1. The third-order valence-corrected chi connectivity index (χ3v) is 2.45. The molecule has 7 heteroatoms. The molecule has 1 rings (SSSR count). The summed E-state index contributed by atoms with van der Waals surface area (Å²) in [5.74, 6) is -2.29. The molecule has 0 bridgehead atoms. The molecule has 20 heavy (non-hydrogen) atoms. The van der Waals surface area contributed by atoms with Gasteiger partial charge < -0.3 is 20.9 Å². The molecule has 0 aliphatic carbocycles. The zero-order valence-corrected chi connectivity index (χ0v) is 10.9. The van der Waals surface area contributed by atoms with Crippen molar-refractivity contribution in [3.8, 4) is 5.75 Å². The number of benzene rings is 1. The Morgan fingerprint density at radius 3 is 2.40 bits per heavy atom. The van der Waals surface area contributed by atoms with Crippen LogP contribution in [0.3, 0.4) is 0 Å². The number of primary amides is 1. The van der Waals surface area contributed by atoms with Crippen molar-refractivity contribution in [1.29, 1.82) is 0 Å². The fourth-order valence-electron chi connectivity index (χ4n) is 1.45. The fourth-order valence-corrected chi connectivity index (χ4v) is 1.45. The lowest BCUT2D eigenvalue weighted by atomic mass is 10.2. The summed E-state index contributed by atoms with van der Waals surface area (Å²) in [4.78, 5) is 33.4. The summed E-state index contributed by atoms with van der Waals surface area (Å²) in [5.41, 5.74) is 4.92. The maximum Gasteiger partial charge on any atom is 0.326 e. The largest absolute Gasteiger partial charge is 0.481 e. The third-order valence-electron chi connectivity index (χ3n) is 2.45. The second kappa shape index (κ2) is 7.13. The monoisotopic (exact) mass is 280 g/mol. The smallest absolute Gasteiger partial charge is 0.326 e. The van der Waals surface area contributed by atoms with Gasteiger partial charge in [-0.1, -0.05) is 18.2 Å². The third kappa shape index (κ3) is 4.97. The second-order valence-corrected chi connectivity index (χ2v) is 4.14. The minimum atomic E-state index is -1.36. The van der Waals surface area contributed by atoms with Crippen molar-refractivity contribution in [2.45, 2.75) is 25.5 Å². The summed E-state index contributed by atoms with van der Waals surface area (Å²) in [6.07, 6.45) is -1.37. The van der Waals surface area contributed by atoms with Gasteiger partial charge in [-0.15, -0.1) is 0 Å². The number of ether oxygens (including phenoxy) is 1. The van der Waals surface area contributed by atoms with Crippen molar-refractivity contribution >= 4 is 17.8 Å². The van der Waals surface area contributed by atoms with E-state index in [0.29, 0.717) is 5.75 Å². The zero-order chi connectivity index (χ0) is 15.1. The van der Waals surface area contributed by atoms with Crippen LogP contribution in [0.1, 0.15) is 13.3 Å². The lowest BCUT2D eigenvalue weighted by Crippen LogP contribution is -2.47. The van der Waals surface area contributed by atoms with Gasteiger partial charge in [0.25, 0.3) is 5.91 Å². The molecule has 2 atom stereocenters. The van der Waals surface area contributed by atoms with Crippen LogP contribution in [0.4, 0.5) is 0 Å². The van der Waals surface area contributed by atoms with Gasteiger partial charge in [0.15, 0.2) is 6.10 Å². The SMILES string of the molecule is CC(Oc1ccccc1)C(=O)N[C@@H](CC(N)=O)C(=O)O. The summed E-state index contributed by atoms with van der Waals surface area (Å²) < 4.78 is 5.34. The number of hydrogen-bond acceptors (Lipinski definition) is 4. The van der Waals surface area contributed by atoms with E-state index < -0.39 is 36.4 Å². The van der Waals surface area contributed by atoms with Gasteiger partial charge in [0, 0.05) is 0 Å². The van der Waals surface area contributed by atoms with Crippen LogP contribution in [0.5, 0.6) is 5.75 Å². The number of nitrogens with two attached hydrogens (primary N) is 1. The van der Waals surface area contributed by atoms with Gasteiger partial charge in [-0.25, -0.2) is 4.79 Å². The van der Waals surface area contributed by atoms with Crippen LogP contribution in [-0.4, -0.2) is 35.0 Å². The molecule has 0 fully saturated rings. The maximum absolute atomic E-state index is 11.8. The van der Waals surface area contributed by atoms with Gasteiger partial charge in [-0.3, -0.25) is 9.59 Å². The highest BCUT2D eigenvalue weighted by Crippen LogP contribution is 2.10. The molecular weight excluding hydrogens is 264 g/mol. The van der Waals surface area contributed by atoms with Gasteiger partial charge in [0.2, 0.25) is 5.91 Å². The van der Waals surface area contributed by atoms with Crippen LogP contribution in [0.2, 0.25) is 0 Å². The fraction of sp³-hybridized carbons (Fsp3) is 0.308. The normalized spacial score (nSPS) is 13.1. The first-order valence-corrected chi connectivity index (χ1v) is 5.93. The van der Waals surface area contributed by atoms with E-state index in [1.807, 2.05) is 0 Å². The van der Waals surface area contributed by atoms with E-state index in [1.54, 1.807) is 30.3 Å². The number of aliphatic carboxylic acids is 1. The first-order valence-electron chi connectivity index (χ1n) is 5.93. The number of rotatable bonds is 7. The van der Waals surface area contributed by atoms with E-state index in [-0.39, 0.29) is 0 Å². The summed E-state index contributed by atoms with van der Waals surface area (Å²) in [6.45, 7) is 1.48. The summed E-state index contributed by atoms with van der Waals surface area (Å²) >= 11 is 0. The number of amides is 2. The molecule has 1 aromatic carbocycles. The molecule has 1 unspecified atom stereocenters. The average Bonchev–Trinajstić information content (AvgIpc) is 2.38. The Morgan fingerprint density at radius 1 is 1.30 bits per heavy atom. The average molecular weight is 280 g/mol. The molecule has 0 spiro atoms. The van der Waals surface area contributed by atoms with Crippen molar-refractivity contribution < 1.29 is 24.2 Å². The minimum absolute atomic E-state index is 0.473. The number of carbonyl (C=O) groups is 3. The van der Waals surface area contributed by atoms with Crippen molar-refractivity contribution in [2.75, 3.05) is 0 Å². The van der Waals surface area contributed by atoms with E-state index in [4.69, 9.17) is 15.6 Å². The minimum Gasteiger partial charge on any atom is -0.481 e. The topological polar surface area (TPSA) is 119 Å². The summed E-state index contributed by atoms with van der Waals surface area (Å²) in [7, 11) is 0. The van der Waals surface area contributed by atoms with Gasteiger partial charge in [-0.05, 0) is 19.1 Å². The summed E-state index contributed by atoms with van der Waals surface area (Å²) in [5, 5.41) is 11.1. The number of carbonyl (C=O) groups excluding carboxylic acids is 2. The molecule has 4 N–H and O–H groups in total. The van der Waals surface area contributed by atoms with Crippen molar-refractivity contribution in [1.82, 2.24) is 5.32 Å². The number of carboxylic acids is 1. The van der Waals surface area contributed by atoms with Crippen LogP contribution < -0.4 is 15.8 Å². The zero-order valence-electron chi connectivity index (χ0n) is 10.9. The van der Waals surface area contributed by atoms with Gasteiger partial charge >= 0.3 is 5.97 Å². The molecule has 2 amide bonds. The van der Waals surface area contributed by atoms with Crippen LogP contribution in [0.25, 0.3) is 0 Å². The molecule has 7 nitrogen and oxygen atoms in total. The molecular formula is C13H16N2O5. The van der Waals surface area contributed by atoms with E-state index in [0.717, 1.165) is 0 Å². The molecule has 0 heterocycles. The highest BCUT2D eigenvalue weighted by atomic mass is 16.5. The predicted octanol–water partition coefficient (Wildman–Crippen LogP) is -0.101. The quantitative estimate of drug-likeness (QED) is 0.644. The number of hydrogen-bond donors (Lipinski definition) is 3. The first-order chi connectivity index (χ1) is 9.40. The van der Waals surface area contributed by atoms with Crippen molar-refractivity contribution in [3.63, 3.8) is 0 Å². The van der Waals surface area contributed by atoms with Gasteiger partial charge in [0.05, 0.1) is 6.42 Å². The summed E-state index contributed by atoms with van der Waals surface area (Å²) in [6, 6.07) is 7.26. The Hall–Kier alpha value is -2.57. The Bertz CT molecular complexity index is 489. The van der Waals surface area contributed by atoms with E-state index >= 15 is 0 Å².